The van der Waals surface area contributed by atoms with E-state index >= 15 is 0 Å². The van der Waals surface area contributed by atoms with E-state index in [1.807, 2.05) is 0 Å². The third-order valence-corrected chi connectivity index (χ3v) is 10.0. The van der Waals surface area contributed by atoms with Crippen LogP contribution in [0.2, 0.25) is 0 Å². The predicted molar refractivity (Wildman–Crippen MR) is 118 cm³/mol. The van der Waals surface area contributed by atoms with E-state index < -0.39 is 0 Å². The Hall–Kier alpha value is -0.510. The van der Waals surface area contributed by atoms with Crippen molar-refractivity contribution in [3.8, 4) is 6.07 Å². The van der Waals surface area contributed by atoms with E-state index in [-0.39, 0.29) is 5.41 Å². The number of nitriles is 1. The molecule has 1 nitrogen and oxygen atoms in total. The molecule has 8 unspecified atom stereocenters. The van der Waals surface area contributed by atoms with Crippen molar-refractivity contribution in [3.05, 3.63) is 0 Å². The van der Waals surface area contributed by atoms with Gasteiger partial charge in [0.2, 0.25) is 0 Å². The minimum absolute atomic E-state index is 0.0390. The molecule has 28 heavy (non-hydrogen) atoms. The van der Waals surface area contributed by atoms with Gasteiger partial charge in [0.15, 0.2) is 0 Å². The van der Waals surface area contributed by atoms with E-state index in [9.17, 15) is 5.26 Å². The molecular weight excluding hydrogens is 338 g/mol. The van der Waals surface area contributed by atoms with Crippen LogP contribution in [0.25, 0.3) is 0 Å². The van der Waals surface area contributed by atoms with E-state index in [1.54, 1.807) is 12.8 Å². The molecule has 0 spiro atoms. The van der Waals surface area contributed by atoms with Gasteiger partial charge in [-0.1, -0.05) is 58.8 Å². The van der Waals surface area contributed by atoms with Gasteiger partial charge in [0.25, 0.3) is 0 Å². The smallest absolute Gasteiger partial charge is 0.0689 e. The fourth-order valence-electron chi connectivity index (χ4n) is 8.70. The molecule has 0 saturated heterocycles. The first kappa shape index (κ1) is 20.8. The summed E-state index contributed by atoms with van der Waals surface area (Å²) in [6, 6.07) is 2.83. The van der Waals surface area contributed by atoms with Gasteiger partial charge >= 0.3 is 0 Å². The summed E-state index contributed by atoms with van der Waals surface area (Å²) in [4.78, 5) is 0. The molecule has 0 amide bonds. The molecule has 4 fully saturated rings. The van der Waals surface area contributed by atoms with Gasteiger partial charge < -0.3 is 0 Å². The highest BCUT2D eigenvalue weighted by molar-refractivity contribution is 5.07. The van der Waals surface area contributed by atoms with Crippen LogP contribution < -0.4 is 0 Å². The molecule has 0 bridgehead atoms. The van der Waals surface area contributed by atoms with Crippen LogP contribution in [-0.4, -0.2) is 0 Å². The highest BCUT2D eigenvalue weighted by Gasteiger charge is 2.52. The van der Waals surface area contributed by atoms with Crippen molar-refractivity contribution in [1.29, 1.82) is 5.26 Å². The van der Waals surface area contributed by atoms with Crippen LogP contribution in [0.4, 0.5) is 0 Å². The zero-order valence-corrected chi connectivity index (χ0v) is 18.8. The van der Waals surface area contributed by atoms with Gasteiger partial charge in [-0.05, 0) is 99.2 Å². The zero-order valence-electron chi connectivity index (χ0n) is 18.8. The standard InChI is InChI=1S/C27H45N/c1-3-5-8-20-9-7-10-24-22(20)13-14-25-23-15-17-27(19-28,16-6-4-2)18-21(23)11-12-26(24)25/h20-26H,3-18H2,1-2H3. The maximum Gasteiger partial charge on any atom is 0.0689 e. The molecule has 0 heterocycles. The van der Waals surface area contributed by atoms with Gasteiger partial charge in [0.1, 0.15) is 0 Å². The Morgan fingerprint density at radius 2 is 1.50 bits per heavy atom. The minimum Gasteiger partial charge on any atom is -0.198 e. The molecule has 4 aliphatic rings. The predicted octanol–water partition coefficient (Wildman–Crippen LogP) is 8.15. The molecule has 0 aromatic carbocycles. The third kappa shape index (κ3) is 3.91. The molecule has 0 N–H and O–H groups in total. The molecule has 0 radical (unpaired) electrons. The maximum atomic E-state index is 10.00. The van der Waals surface area contributed by atoms with Gasteiger partial charge in [-0.15, -0.1) is 0 Å². The van der Waals surface area contributed by atoms with Crippen molar-refractivity contribution in [1.82, 2.24) is 0 Å². The molecular formula is C27H45N. The Balaban J connectivity index is 1.43. The lowest BCUT2D eigenvalue weighted by molar-refractivity contribution is -0.0718. The lowest BCUT2D eigenvalue weighted by atomic mass is 9.48. The number of hydrogen-bond donors (Lipinski definition) is 0. The maximum absolute atomic E-state index is 10.00. The van der Waals surface area contributed by atoms with Crippen molar-refractivity contribution >= 4 is 0 Å². The first-order valence-electron chi connectivity index (χ1n) is 13.1. The van der Waals surface area contributed by atoms with Crippen molar-refractivity contribution < 1.29 is 0 Å². The summed E-state index contributed by atoms with van der Waals surface area (Å²) in [5.74, 6) is 7.12. The third-order valence-electron chi connectivity index (χ3n) is 10.0. The first-order chi connectivity index (χ1) is 13.7. The van der Waals surface area contributed by atoms with Gasteiger partial charge in [-0.3, -0.25) is 0 Å². The van der Waals surface area contributed by atoms with Crippen LogP contribution >= 0.6 is 0 Å². The van der Waals surface area contributed by atoms with Crippen LogP contribution in [0.1, 0.15) is 117 Å². The fraction of sp³-hybridized carbons (Fsp3) is 0.963. The Morgan fingerprint density at radius 3 is 2.29 bits per heavy atom. The van der Waals surface area contributed by atoms with Gasteiger partial charge in [0.05, 0.1) is 11.5 Å². The molecule has 1 heteroatoms. The molecule has 4 saturated carbocycles. The van der Waals surface area contributed by atoms with Crippen LogP contribution in [0.15, 0.2) is 0 Å². The fourth-order valence-corrected chi connectivity index (χ4v) is 8.70. The molecule has 4 aliphatic carbocycles. The lowest BCUT2D eigenvalue weighted by Crippen LogP contribution is -2.49. The monoisotopic (exact) mass is 383 g/mol. The van der Waals surface area contributed by atoms with Crippen LogP contribution in [0.5, 0.6) is 0 Å². The highest BCUT2D eigenvalue weighted by atomic mass is 14.6. The SMILES string of the molecule is CCCCC1CCCC2C1CCC1C3CCC(C#N)(CCCC)CC3CCC21. The van der Waals surface area contributed by atoms with Gasteiger partial charge in [-0.25, -0.2) is 0 Å². The second-order valence-corrected chi connectivity index (χ2v) is 11.3. The highest BCUT2D eigenvalue weighted by Crippen LogP contribution is 2.60. The summed E-state index contributed by atoms with van der Waals surface area (Å²) in [7, 11) is 0. The molecule has 4 rings (SSSR count). The van der Waals surface area contributed by atoms with Gasteiger partial charge in [0, 0.05) is 0 Å². The van der Waals surface area contributed by atoms with E-state index in [2.05, 4.69) is 19.9 Å². The van der Waals surface area contributed by atoms with Crippen molar-refractivity contribution in [2.45, 2.75) is 117 Å². The minimum atomic E-state index is 0.0390. The summed E-state index contributed by atoms with van der Waals surface area (Å²) in [5, 5.41) is 10.00. The van der Waals surface area contributed by atoms with E-state index in [0.29, 0.717) is 0 Å². The quantitative estimate of drug-likeness (QED) is 0.454. The second kappa shape index (κ2) is 9.10. The summed E-state index contributed by atoms with van der Waals surface area (Å²) >= 11 is 0. The molecule has 0 aromatic rings. The number of unbranched alkanes of at least 4 members (excludes halogenated alkanes) is 2. The molecule has 8 atom stereocenters. The van der Waals surface area contributed by atoms with Gasteiger partial charge in [-0.2, -0.15) is 5.26 Å². The summed E-state index contributed by atoms with van der Waals surface area (Å²) in [6.45, 7) is 4.64. The van der Waals surface area contributed by atoms with Crippen LogP contribution in [0, 0.1) is 58.2 Å². The van der Waals surface area contributed by atoms with Crippen molar-refractivity contribution in [2.24, 2.45) is 46.8 Å². The Kier molecular flexibility index (Phi) is 6.74. The summed E-state index contributed by atoms with van der Waals surface area (Å²) in [5.41, 5.74) is 0.0390. The zero-order chi connectivity index (χ0) is 19.6. The number of hydrogen-bond acceptors (Lipinski definition) is 1. The number of rotatable bonds is 6. The lowest BCUT2D eigenvalue weighted by Gasteiger charge is -2.57. The molecule has 0 aliphatic heterocycles. The average Bonchev–Trinajstić information content (AvgIpc) is 2.75. The Morgan fingerprint density at radius 1 is 0.786 bits per heavy atom. The normalized spacial score (nSPS) is 45.4. The van der Waals surface area contributed by atoms with Crippen LogP contribution in [-0.2, 0) is 0 Å². The van der Waals surface area contributed by atoms with E-state index in [4.69, 9.17) is 0 Å². The average molecular weight is 384 g/mol. The topological polar surface area (TPSA) is 23.8 Å². The summed E-state index contributed by atoms with van der Waals surface area (Å²) < 4.78 is 0. The summed E-state index contributed by atoms with van der Waals surface area (Å²) in [6.07, 6.45) is 22.5. The van der Waals surface area contributed by atoms with E-state index in [1.165, 1.54) is 89.9 Å². The molecule has 0 aromatic heterocycles. The second-order valence-electron chi connectivity index (χ2n) is 11.3. The van der Waals surface area contributed by atoms with Crippen molar-refractivity contribution in [3.63, 3.8) is 0 Å². The number of nitrogens with zero attached hydrogens (tertiary/aromatic N) is 1. The molecule has 158 valence electrons. The largest absolute Gasteiger partial charge is 0.198 e. The van der Waals surface area contributed by atoms with Crippen molar-refractivity contribution in [2.75, 3.05) is 0 Å². The Labute approximate surface area is 175 Å². The Bertz CT molecular complexity index is 547. The first-order valence-corrected chi connectivity index (χ1v) is 13.1. The van der Waals surface area contributed by atoms with E-state index in [0.717, 1.165) is 41.4 Å². The number of fused-ring (bicyclic) bond motifs is 5. The van der Waals surface area contributed by atoms with Crippen LogP contribution in [0.3, 0.4) is 0 Å².